The number of methoxy groups -OCH3 is 1. The molecule has 0 saturated carbocycles. The summed E-state index contributed by atoms with van der Waals surface area (Å²) >= 11 is 1.73. The molecule has 1 aromatic heterocycles. The molecule has 1 aromatic carbocycles. The third kappa shape index (κ3) is 3.90. The lowest BCUT2D eigenvalue weighted by Crippen LogP contribution is -2.30. The minimum absolute atomic E-state index is 0.228. The van der Waals surface area contributed by atoms with Gasteiger partial charge in [-0.3, -0.25) is 4.90 Å². The van der Waals surface area contributed by atoms with E-state index in [-0.39, 0.29) is 6.04 Å². The van der Waals surface area contributed by atoms with Crippen LogP contribution in [0.3, 0.4) is 0 Å². The molecule has 1 atom stereocenters. The Hall–Kier alpha value is -1.20. The summed E-state index contributed by atoms with van der Waals surface area (Å²) in [5, 5.41) is 4.30. The highest BCUT2D eigenvalue weighted by atomic mass is 32.1. The highest BCUT2D eigenvalue weighted by molar-refractivity contribution is 7.07. The number of nitrogens with zero attached hydrogens (tertiary/aromatic N) is 1. The van der Waals surface area contributed by atoms with Gasteiger partial charge < -0.3 is 10.5 Å². The monoisotopic (exact) mass is 290 g/mol. The van der Waals surface area contributed by atoms with Gasteiger partial charge in [0.25, 0.3) is 0 Å². The fraction of sp³-hybridized carbons (Fsp3) is 0.375. The molecule has 0 aliphatic rings. The van der Waals surface area contributed by atoms with E-state index in [4.69, 9.17) is 10.5 Å². The summed E-state index contributed by atoms with van der Waals surface area (Å²) < 4.78 is 5.20. The molecule has 0 bridgehead atoms. The van der Waals surface area contributed by atoms with Gasteiger partial charge in [0, 0.05) is 26.2 Å². The van der Waals surface area contributed by atoms with E-state index >= 15 is 0 Å². The molecule has 1 heterocycles. The van der Waals surface area contributed by atoms with Crippen molar-refractivity contribution in [2.75, 3.05) is 20.7 Å². The van der Waals surface area contributed by atoms with Gasteiger partial charge in [-0.1, -0.05) is 24.3 Å². The first-order chi connectivity index (χ1) is 9.74. The minimum atomic E-state index is 0.228. The van der Waals surface area contributed by atoms with Gasteiger partial charge in [-0.15, -0.1) is 0 Å². The van der Waals surface area contributed by atoms with Crippen LogP contribution in [0, 0.1) is 0 Å². The molecule has 0 saturated heterocycles. The molecular formula is C16H22N2OS. The molecule has 0 aliphatic carbocycles. The van der Waals surface area contributed by atoms with Crippen molar-refractivity contribution in [2.24, 2.45) is 5.73 Å². The molecule has 0 spiro atoms. The van der Waals surface area contributed by atoms with E-state index < -0.39 is 0 Å². The van der Waals surface area contributed by atoms with E-state index in [0.717, 1.165) is 6.54 Å². The average molecular weight is 290 g/mol. The Morgan fingerprint density at radius 3 is 2.80 bits per heavy atom. The van der Waals surface area contributed by atoms with Gasteiger partial charge in [-0.2, -0.15) is 11.3 Å². The quantitative estimate of drug-likeness (QED) is 0.852. The summed E-state index contributed by atoms with van der Waals surface area (Å²) in [6.07, 6.45) is 0. The number of thiophene rings is 1. The van der Waals surface area contributed by atoms with E-state index in [9.17, 15) is 0 Å². The van der Waals surface area contributed by atoms with Crippen LogP contribution in [0.1, 0.15) is 22.7 Å². The van der Waals surface area contributed by atoms with E-state index in [1.54, 1.807) is 18.4 Å². The zero-order chi connectivity index (χ0) is 14.4. The van der Waals surface area contributed by atoms with Gasteiger partial charge in [-0.05, 0) is 40.6 Å². The maximum Gasteiger partial charge on any atom is 0.0713 e. The molecule has 2 rings (SSSR count). The number of nitrogens with two attached hydrogens (primary N) is 1. The van der Waals surface area contributed by atoms with Crippen LogP contribution in [0.4, 0.5) is 0 Å². The van der Waals surface area contributed by atoms with E-state index in [2.05, 4.69) is 53.0 Å². The Balaban J connectivity index is 2.12. The maximum absolute atomic E-state index is 5.99. The van der Waals surface area contributed by atoms with Crippen LogP contribution < -0.4 is 5.73 Å². The third-order valence-electron chi connectivity index (χ3n) is 3.41. The second-order valence-electron chi connectivity index (χ2n) is 4.98. The molecule has 2 N–H and O–H groups in total. The first kappa shape index (κ1) is 15.2. The SMILES string of the molecule is COCc1cccc(C(CN)N(C)Cc2ccsc2)c1. The van der Waals surface area contributed by atoms with Crippen molar-refractivity contribution < 1.29 is 4.74 Å². The largest absolute Gasteiger partial charge is 0.380 e. The van der Waals surface area contributed by atoms with Crippen molar-refractivity contribution in [3.05, 3.63) is 57.8 Å². The molecule has 4 heteroatoms. The van der Waals surface area contributed by atoms with Crippen molar-refractivity contribution in [1.29, 1.82) is 0 Å². The van der Waals surface area contributed by atoms with Crippen LogP contribution in [0.5, 0.6) is 0 Å². The Morgan fingerprint density at radius 2 is 2.15 bits per heavy atom. The minimum Gasteiger partial charge on any atom is -0.380 e. The molecule has 3 nitrogen and oxygen atoms in total. The lowest BCUT2D eigenvalue weighted by molar-refractivity contribution is 0.184. The Labute approximate surface area is 125 Å². The van der Waals surface area contributed by atoms with Crippen molar-refractivity contribution in [3.63, 3.8) is 0 Å². The predicted octanol–water partition coefficient (Wildman–Crippen LogP) is 3.03. The first-order valence-electron chi connectivity index (χ1n) is 6.73. The highest BCUT2D eigenvalue weighted by Gasteiger charge is 2.16. The summed E-state index contributed by atoms with van der Waals surface area (Å²) in [6.45, 7) is 2.16. The van der Waals surface area contributed by atoms with Gasteiger partial charge in [0.1, 0.15) is 0 Å². The fourth-order valence-corrected chi connectivity index (χ4v) is 3.07. The van der Waals surface area contributed by atoms with Crippen LogP contribution in [0.15, 0.2) is 41.1 Å². The second-order valence-corrected chi connectivity index (χ2v) is 5.76. The molecule has 2 aromatic rings. The summed E-state index contributed by atoms with van der Waals surface area (Å²) in [4.78, 5) is 2.30. The molecule has 108 valence electrons. The fourth-order valence-electron chi connectivity index (χ4n) is 2.41. The van der Waals surface area contributed by atoms with Crippen molar-refractivity contribution in [2.45, 2.75) is 19.2 Å². The summed E-state index contributed by atoms with van der Waals surface area (Å²) in [5.41, 5.74) is 9.76. The van der Waals surface area contributed by atoms with Gasteiger partial charge in [0.15, 0.2) is 0 Å². The lowest BCUT2D eigenvalue weighted by Gasteiger charge is -2.27. The van der Waals surface area contributed by atoms with Crippen LogP contribution in [0.25, 0.3) is 0 Å². The standard InChI is InChI=1S/C16H22N2OS/c1-18(10-14-6-7-20-12-14)16(9-17)15-5-3-4-13(8-15)11-19-2/h3-8,12,16H,9-11,17H2,1-2H3. The number of likely N-dealkylation sites (N-methyl/N-ethyl adjacent to an activating group) is 1. The topological polar surface area (TPSA) is 38.5 Å². The average Bonchev–Trinajstić information content (AvgIpc) is 2.93. The third-order valence-corrected chi connectivity index (χ3v) is 4.15. The zero-order valence-corrected chi connectivity index (χ0v) is 12.9. The highest BCUT2D eigenvalue weighted by Crippen LogP contribution is 2.22. The summed E-state index contributed by atoms with van der Waals surface area (Å²) in [6, 6.07) is 10.9. The normalized spacial score (nSPS) is 12.8. The molecule has 20 heavy (non-hydrogen) atoms. The van der Waals surface area contributed by atoms with Crippen LogP contribution in [-0.4, -0.2) is 25.6 Å². The second kappa shape index (κ2) is 7.55. The number of benzene rings is 1. The van der Waals surface area contributed by atoms with E-state index in [0.29, 0.717) is 13.2 Å². The molecule has 0 amide bonds. The number of hydrogen-bond donors (Lipinski definition) is 1. The van der Waals surface area contributed by atoms with Crippen LogP contribution in [-0.2, 0) is 17.9 Å². The van der Waals surface area contributed by atoms with Gasteiger partial charge in [-0.25, -0.2) is 0 Å². The Morgan fingerprint density at radius 1 is 1.30 bits per heavy atom. The van der Waals surface area contributed by atoms with Gasteiger partial charge in [0.05, 0.1) is 6.61 Å². The number of rotatable bonds is 7. The molecule has 0 radical (unpaired) electrons. The lowest BCUT2D eigenvalue weighted by atomic mass is 10.0. The van der Waals surface area contributed by atoms with Crippen molar-refractivity contribution in [3.8, 4) is 0 Å². The Kier molecular flexibility index (Phi) is 5.73. The number of ether oxygens (including phenoxy) is 1. The zero-order valence-electron chi connectivity index (χ0n) is 12.1. The maximum atomic E-state index is 5.99. The van der Waals surface area contributed by atoms with E-state index in [1.807, 2.05) is 0 Å². The molecule has 0 aliphatic heterocycles. The number of hydrogen-bond acceptors (Lipinski definition) is 4. The molecule has 1 unspecified atom stereocenters. The van der Waals surface area contributed by atoms with Crippen LogP contribution >= 0.6 is 11.3 Å². The summed E-state index contributed by atoms with van der Waals surface area (Å²) in [5.74, 6) is 0. The van der Waals surface area contributed by atoms with Crippen LogP contribution in [0.2, 0.25) is 0 Å². The van der Waals surface area contributed by atoms with E-state index in [1.165, 1.54) is 16.7 Å². The van der Waals surface area contributed by atoms with Gasteiger partial charge in [0.2, 0.25) is 0 Å². The van der Waals surface area contributed by atoms with Crippen molar-refractivity contribution >= 4 is 11.3 Å². The molecular weight excluding hydrogens is 268 g/mol. The van der Waals surface area contributed by atoms with Crippen molar-refractivity contribution in [1.82, 2.24) is 4.90 Å². The predicted molar refractivity (Wildman–Crippen MR) is 84.7 cm³/mol. The molecule has 0 fully saturated rings. The summed E-state index contributed by atoms with van der Waals surface area (Å²) in [7, 11) is 3.84. The van der Waals surface area contributed by atoms with Gasteiger partial charge >= 0.3 is 0 Å². The smallest absolute Gasteiger partial charge is 0.0713 e. The first-order valence-corrected chi connectivity index (χ1v) is 7.68. The Bertz CT molecular complexity index is 513.